The fraction of sp³-hybridized carbons (Fsp3) is 0.833. The summed E-state index contributed by atoms with van der Waals surface area (Å²) in [6.07, 6.45) is 12.1. The van der Waals surface area contributed by atoms with Gasteiger partial charge in [-0.3, -0.25) is 9.59 Å². The lowest BCUT2D eigenvalue weighted by molar-refractivity contribution is -0.142. The Labute approximate surface area is 164 Å². The van der Waals surface area contributed by atoms with Gasteiger partial charge < -0.3 is 4.74 Å². The van der Waals surface area contributed by atoms with Gasteiger partial charge in [-0.15, -0.1) is 0 Å². The SMILES string of the molecule is CCCCCOC1CC(=O)C=C2CC[C@H]3[C@@H]4CCC(=O)[C@@]4(C)CC[C@@H]3[C@]21C. The second-order valence-corrected chi connectivity index (χ2v) is 10.0. The first-order valence-corrected chi connectivity index (χ1v) is 11.3. The van der Waals surface area contributed by atoms with Crippen molar-refractivity contribution in [3.63, 3.8) is 0 Å². The normalized spacial score (nSPS) is 43.7. The number of hydrogen-bond acceptors (Lipinski definition) is 3. The molecule has 0 bridgehead atoms. The molecular weight excluding hydrogens is 336 g/mol. The molecule has 3 saturated carbocycles. The van der Waals surface area contributed by atoms with Gasteiger partial charge in [0.05, 0.1) is 6.10 Å². The van der Waals surface area contributed by atoms with Gasteiger partial charge in [0.1, 0.15) is 5.78 Å². The topological polar surface area (TPSA) is 43.4 Å². The zero-order chi connectivity index (χ0) is 19.2. The van der Waals surface area contributed by atoms with Crippen molar-refractivity contribution >= 4 is 11.6 Å². The van der Waals surface area contributed by atoms with E-state index in [-0.39, 0.29) is 22.7 Å². The lowest BCUT2D eigenvalue weighted by Crippen LogP contribution is -2.55. The van der Waals surface area contributed by atoms with Crippen molar-refractivity contribution in [1.29, 1.82) is 0 Å². The van der Waals surface area contributed by atoms with Crippen molar-refractivity contribution in [3.05, 3.63) is 11.6 Å². The van der Waals surface area contributed by atoms with Gasteiger partial charge >= 0.3 is 0 Å². The number of Topliss-reactive ketones (excluding diaryl/α,β-unsaturated/α-hetero) is 1. The van der Waals surface area contributed by atoms with Gasteiger partial charge in [-0.25, -0.2) is 0 Å². The molecule has 3 fully saturated rings. The maximum absolute atomic E-state index is 12.6. The largest absolute Gasteiger partial charge is 0.377 e. The molecule has 27 heavy (non-hydrogen) atoms. The van der Waals surface area contributed by atoms with Gasteiger partial charge in [0.25, 0.3) is 0 Å². The summed E-state index contributed by atoms with van der Waals surface area (Å²) in [5.41, 5.74) is 1.24. The minimum absolute atomic E-state index is 0.0178. The third kappa shape index (κ3) is 2.96. The fourth-order valence-electron chi connectivity index (χ4n) is 7.17. The van der Waals surface area contributed by atoms with Crippen LogP contribution in [0.3, 0.4) is 0 Å². The highest BCUT2D eigenvalue weighted by Gasteiger charge is 2.61. The van der Waals surface area contributed by atoms with E-state index in [0.29, 0.717) is 30.0 Å². The molecule has 0 N–H and O–H groups in total. The lowest BCUT2D eigenvalue weighted by atomic mass is 9.47. The van der Waals surface area contributed by atoms with Crippen LogP contribution in [-0.4, -0.2) is 24.3 Å². The fourth-order valence-corrected chi connectivity index (χ4v) is 7.17. The van der Waals surface area contributed by atoms with Crippen molar-refractivity contribution in [2.24, 2.45) is 28.6 Å². The van der Waals surface area contributed by atoms with Gasteiger partial charge in [0, 0.05) is 30.3 Å². The van der Waals surface area contributed by atoms with E-state index in [1.165, 1.54) is 18.4 Å². The van der Waals surface area contributed by atoms with Gasteiger partial charge in [-0.05, 0) is 62.4 Å². The number of ether oxygens (including phenoxy) is 1. The number of ketones is 2. The van der Waals surface area contributed by atoms with Crippen LogP contribution in [0, 0.1) is 28.6 Å². The first-order valence-electron chi connectivity index (χ1n) is 11.3. The molecule has 6 atom stereocenters. The molecule has 4 aliphatic carbocycles. The highest BCUT2D eigenvalue weighted by Crippen LogP contribution is 2.64. The lowest BCUT2D eigenvalue weighted by Gasteiger charge is -2.58. The van der Waals surface area contributed by atoms with E-state index in [0.717, 1.165) is 51.6 Å². The third-order valence-corrected chi connectivity index (χ3v) is 8.81. The molecule has 0 aromatic rings. The average molecular weight is 373 g/mol. The molecule has 0 aromatic heterocycles. The van der Waals surface area contributed by atoms with Crippen LogP contribution in [0.1, 0.15) is 85.0 Å². The maximum Gasteiger partial charge on any atom is 0.158 e. The van der Waals surface area contributed by atoms with E-state index < -0.39 is 0 Å². The van der Waals surface area contributed by atoms with Gasteiger partial charge in [-0.2, -0.15) is 0 Å². The summed E-state index contributed by atoms with van der Waals surface area (Å²) in [6.45, 7) is 7.59. The Hall–Kier alpha value is -0.960. The summed E-state index contributed by atoms with van der Waals surface area (Å²) < 4.78 is 6.41. The molecule has 3 heteroatoms. The van der Waals surface area contributed by atoms with E-state index in [1.54, 1.807) is 0 Å². The third-order valence-electron chi connectivity index (χ3n) is 8.81. The summed E-state index contributed by atoms with van der Waals surface area (Å²) in [5, 5.41) is 0. The number of hydrogen-bond donors (Lipinski definition) is 0. The Morgan fingerprint density at radius 3 is 2.67 bits per heavy atom. The van der Waals surface area contributed by atoms with Crippen molar-refractivity contribution in [1.82, 2.24) is 0 Å². The number of carbonyl (C=O) groups is 2. The van der Waals surface area contributed by atoms with Crippen molar-refractivity contribution in [2.75, 3.05) is 6.61 Å². The van der Waals surface area contributed by atoms with Crippen LogP contribution in [0.2, 0.25) is 0 Å². The zero-order valence-electron chi connectivity index (χ0n) is 17.4. The first-order chi connectivity index (χ1) is 12.9. The van der Waals surface area contributed by atoms with E-state index >= 15 is 0 Å². The Morgan fingerprint density at radius 2 is 1.89 bits per heavy atom. The van der Waals surface area contributed by atoms with Crippen molar-refractivity contribution < 1.29 is 14.3 Å². The number of carbonyl (C=O) groups excluding carboxylic acids is 2. The van der Waals surface area contributed by atoms with Gasteiger partial charge in [0.2, 0.25) is 0 Å². The summed E-state index contributed by atoms with van der Waals surface area (Å²) >= 11 is 0. The molecule has 0 spiro atoms. The second-order valence-electron chi connectivity index (χ2n) is 10.0. The molecule has 3 nitrogen and oxygen atoms in total. The molecule has 0 aliphatic heterocycles. The summed E-state index contributed by atoms with van der Waals surface area (Å²) in [7, 11) is 0. The number of unbranched alkanes of at least 4 members (excludes halogenated alkanes) is 2. The molecule has 0 saturated heterocycles. The molecule has 1 unspecified atom stereocenters. The van der Waals surface area contributed by atoms with Gasteiger partial charge in [0.15, 0.2) is 5.78 Å². The van der Waals surface area contributed by atoms with E-state index in [2.05, 4.69) is 20.8 Å². The highest BCUT2D eigenvalue weighted by molar-refractivity contribution is 5.92. The van der Waals surface area contributed by atoms with Crippen LogP contribution in [-0.2, 0) is 14.3 Å². The quantitative estimate of drug-likeness (QED) is 0.617. The summed E-state index contributed by atoms with van der Waals surface area (Å²) in [6, 6.07) is 0. The predicted octanol–water partition coefficient (Wildman–Crippen LogP) is 5.27. The molecule has 0 radical (unpaired) electrons. The average Bonchev–Trinajstić information content (AvgIpc) is 2.94. The maximum atomic E-state index is 12.6. The van der Waals surface area contributed by atoms with Crippen molar-refractivity contribution in [3.8, 4) is 0 Å². The Morgan fingerprint density at radius 1 is 1.07 bits per heavy atom. The number of rotatable bonds is 5. The van der Waals surface area contributed by atoms with E-state index in [1.807, 2.05) is 6.08 Å². The minimum Gasteiger partial charge on any atom is -0.377 e. The minimum atomic E-state index is -0.0826. The predicted molar refractivity (Wildman–Crippen MR) is 106 cm³/mol. The second kappa shape index (κ2) is 7.13. The Bertz CT molecular complexity index is 650. The van der Waals surface area contributed by atoms with Crippen LogP contribution < -0.4 is 0 Å². The molecule has 0 aromatic carbocycles. The molecule has 4 rings (SSSR count). The van der Waals surface area contributed by atoms with Crippen molar-refractivity contribution in [2.45, 2.75) is 91.1 Å². The molecule has 4 aliphatic rings. The summed E-state index contributed by atoms with van der Waals surface area (Å²) in [4.78, 5) is 25.0. The number of fused-ring (bicyclic) bond motifs is 5. The Balaban J connectivity index is 1.61. The molecule has 0 heterocycles. The first kappa shape index (κ1) is 19.4. The van der Waals surface area contributed by atoms with Gasteiger partial charge in [-0.1, -0.05) is 39.2 Å². The molecule has 150 valence electrons. The standard InChI is InChI=1S/C24H36O3/c1-4-5-6-13-27-22-15-17(25)14-16-7-8-18-19-9-10-21(26)23(19,2)12-11-20(18)24(16,22)3/h14,18-20,22H,4-13,15H2,1-3H3/t18-,19-,20-,22?,23-,24-/m0/s1. The summed E-state index contributed by atoms with van der Waals surface area (Å²) in [5.74, 6) is 2.47. The monoisotopic (exact) mass is 372 g/mol. The smallest absolute Gasteiger partial charge is 0.158 e. The highest BCUT2D eigenvalue weighted by atomic mass is 16.5. The molecular formula is C24H36O3. The van der Waals surface area contributed by atoms with Crippen LogP contribution in [0.5, 0.6) is 0 Å². The Kier molecular flexibility index (Phi) is 5.12. The van der Waals surface area contributed by atoms with E-state index in [4.69, 9.17) is 4.74 Å². The van der Waals surface area contributed by atoms with Crippen LogP contribution >= 0.6 is 0 Å². The van der Waals surface area contributed by atoms with E-state index in [9.17, 15) is 9.59 Å². The zero-order valence-corrected chi connectivity index (χ0v) is 17.4. The van der Waals surface area contributed by atoms with Crippen LogP contribution in [0.25, 0.3) is 0 Å². The molecule has 0 amide bonds. The van der Waals surface area contributed by atoms with Crippen LogP contribution in [0.4, 0.5) is 0 Å². The van der Waals surface area contributed by atoms with Crippen LogP contribution in [0.15, 0.2) is 11.6 Å².